The molecule has 0 radical (unpaired) electrons. The Morgan fingerprint density at radius 3 is 2.32 bits per heavy atom. The molecule has 0 saturated carbocycles. The smallest absolute Gasteiger partial charge is 0.151 e. The summed E-state index contributed by atoms with van der Waals surface area (Å²) in [5.41, 5.74) is 7.90. The molecule has 0 N–H and O–H groups in total. The number of aromatic nitrogens is 1. The van der Waals surface area contributed by atoms with Crippen LogP contribution in [0.15, 0.2) is 119 Å². The van der Waals surface area contributed by atoms with Crippen LogP contribution in [0, 0.1) is 18.6 Å². The molecule has 5 aromatic rings. The minimum Gasteiger partial charge on any atom is -0.497 e. The van der Waals surface area contributed by atoms with E-state index in [2.05, 4.69) is 71.1 Å². The second-order valence-corrected chi connectivity index (χ2v) is 11.0. The molecule has 0 fully saturated rings. The number of nitrogens with zero attached hydrogens (tertiary/aromatic N) is 2. The summed E-state index contributed by atoms with van der Waals surface area (Å²) in [7, 11) is 1.67. The van der Waals surface area contributed by atoms with Gasteiger partial charge in [-0.15, -0.1) is 0 Å². The van der Waals surface area contributed by atoms with E-state index in [0.29, 0.717) is 0 Å². The van der Waals surface area contributed by atoms with Crippen LogP contribution >= 0.6 is 11.8 Å². The van der Waals surface area contributed by atoms with Crippen molar-refractivity contribution < 1.29 is 13.5 Å². The zero-order valence-electron chi connectivity index (χ0n) is 22.8. The molecule has 6 heteroatoms. The number of benzene rings is 4. The standard InChI is InChI=1S/C35H28F2N2OS/c1-23-8-16-29(17-9-23)41-35-25(22-38-32-18-11-26(36)20-31(32)37)10-19-33-30(35)21-34(24-6-4-3-5-7-24)39(33)27-12-14-28(40-2)15-13-27/h3-9,11-18,20-22H,10,19H2,1-2H3. The van der Waals surface area contributed by atoms with Crippen LogP contribution in [0.2, 0.25) is 0 Å². The van der Waals surface area contributed by atoms with Gasteiger partial charge in [0.25, 0.3) is 0 Å². The van der Waals surface area contributed by atoms with E-state index in [4.69, 9.17) is 4.74 Å². The molecular formula is C35H28F2N2OS. The molecule has 1 aromatic heterocycles. The maximum Gasteiger partial charge on any atom is 0.151 e. The molecule has 3 nitrogen and oxygen atoms in total. The third kappa shape index (κ3) is 5.61. The molecule has 0 spiro atoms. The molecule has 4 aromatic carbocycles. The van der Waals surface area contributed by atoms with Gasteiger partial charge in [-0.3, -0.25) is 4.99 Å². The number of ether oxygens (including phenoxy) is 1. The molecule has 1 aliphatic carbocycles. The highest BCUT2D eigenvalue weighted by atomic mass is 32.2. The van der Waals surface area contributed by atoms with Crippen LogP contribution in [0.1, 0.15) is 23.2 Å². The minimum absolute atomic E-state index is 0.116. The molecule has 41 heavy (non-hydrogen) atoms. The van der Waals surface area contributed by atoms with Gasteiger partial charge in [0.1, 0.15) is 11.6 Å². The number of allylic oxidation sites excluding steroid dienone is 1. The van der Waals surface area contributed by atoms with Gasteiger partial charge in [-0.1, -0.05) is 59.8 Å². The number of methoxy groups -OCH3 is 1. The summed E-state index contributed by atoms with van der Waals surface area (Å²) in [4.78, 5) is 6.64. The van der Waals surface area contributed by atoms with E-state index >= 15 is 0 Å². The minimum atomic E-state index is -0.678. The lowest BCUT2D eigenvalue weighted by molar-refractivity contribution is 0.414. The maximum absolute atomic E-state index is 14.4. The predicted octanol–water partition coefficient (Wildman–Crippen LogP) is 9.59. The van der Waals surface area contributed by atoms with Gasteiger partial charge in [-0.2, -0.15) is 0 Å². The van der Waals surface area contributed by atoms with Crippen molar-refractivity contribution in [1.29, 1.82) is 0 Å². The van der Waals surface area contributed by atoms with Crippen LogP contribution < -0.4 is 4.74 Å². The molecule has 6 rings (SSSR count). The average Bonchev–Trinajstić information content (AvgIpc) is 3.39. The van der Waals surface area contributed by atoms with Crippen molar-refractivity contribution in [1.82, 2.24) is 4.57 Å². The topological polar surface area (TPSA) is 26.5 Å². The fraction of sp³-hybridized carbons (Fsp3) is 0.114. The number of hydrogen-bond donors (Lipinski definition) is 0. The maximum atomic E-state index is 14.4. The van der Waals surface area contributed by atoms with Crippen LogP contribution in [-0.4, -0.2) is 17.9 Å². The summed E-state index contributed by atoms with van der Waals surface area (Å²) >= 11 is 1.69. The quantitative estimate of drug-likeness (QED) is 0.185. The van der Waals surface area contributed by atoms with Crippen LogP contribution in [0.3, 0.4) is 0 Å². The van der Waals surface area contributed by atoms with E-state index in [-0.39, 0.29) is 5.69 Å². The first-order valence-electron chi connectivity index (χ1n) is 13.4. The molecule has 0 aliphatic heterocycles. The van der Waals surface area contributed by atoms with Gasteiger partial charge in [0.05, 0.1) is 18.5 Å². The van der Waals surface area contributed by atoms with Crippen LogP contribution in [0.4, 0.5) is 14.5 Å². The normalized spacial score (nSPS) is 13.1. The van der Waals surface area contributed by atoms with Gasteiger partial charge in [0, 0.05) is 39.0 Å². The molecule has 1 heterocycles. The van der Waals surface area contributed by atoms with Crippen molar-refractivity contribution in [3.05, 3.63) is 137 Å². The van der Waals surface area contributed by atoms with E-state index in [1.807, 2.05) is 30.3 Å². The number of hydrogen-bond acceptors (Lipinski definition) is 3. The second-order valence-electron chi connectivity index (χ2n) is 9.91. The highest BCUT2D eigenvalue weighted by molar-refractivity contribution is 8.08. The average molecular weight is 563 g/mol. The molecule has 0 bridgehead atoms. The molecule has 0 amide bonds. The summed E-state index contributed by atoms with van der Waals surface area (Å²) in [5.74, 6) is -0.493. The molecular weight excluding hydrogens is 534 g/mol. The van der Waals surface area contributed by atoms with E-state index in [1.165, 1.54) is 23.4 Å². The first-order chi connectivity index (χ1) is 20.0. The third-order valence-corrected chi connectivity index (χ3v) is 8.37. The van der Waals surface area contributed by atoms with Gasteiger partial charge in [0.15, 0.2) is 5.82 Å². The fourth-order valence-corrected chi connectivity index (χ4v) is 6.16. The zero-order chi connectivity index (χ0) is 28.3. The molecule has 0 unspecified atom stereocenters. The summed E-state index contributed by atoms with van der Waals surface area (Å²) in [5, 5.41) is 0. The highest BCUT2D eigenvalue weighted by Gasteiger charge is 2.26. The summed E-state index contributed by atoms with van der Waals surface area (Å²) < 4.78 is 35.7. The molecule has 204 valence electrons. The number of thioether (sulfide) groups is 1. The Hall–Kier alpha value is -4.42. The molecule has 0 atom stereocenters. The van der Waals surface area contributed by atoms with Crippen molar-refractivity contribution >= 4 is 28.6 Å². The lowest BCUT2D eigenvalue weighted by atomic mass is 9.97. The first-order valence-corrected chi connectivity index (χ1v) is 14.2. The van der Waals surface area contributed by atoms with Crippen molar-refractivity contribution in [2.45, 2.75) is 24.7 Å². The van der Waals surface area contributed by atoms with Gasteiger partial charge < -0.3 is 9.30 Å². The number of aliphatic imine (C=N–C) groups is 1. The summed E-state index contributed by atoms with van der Waals surface area (Å²) in [6.45, 7) is 2.07. The van der Waals surface area contributed by atoms with E-state index in [0.717, 1.165) is 62.5 Å². The zero-order valence-corrected chi connectivity index (χ0v) is 23.6. The van der Waals surface area contributed by atoms with Gasteiger partial charge in [0.2, 0.25) is 0 Å². The van der Waals surface area contributed by atoms with Crippen molar-refractivity contribution in [2.75, 3.05) is 7.11 Å². The van der Waals surface area contributed by atoms with E-state index in [1.54, 1.807) is 25.1 Å². The van der Waals surface area contributed by atoms with Crippen LogP contribution in [-0.2, 0) is 6.42 Å². The Morgan fingerprint density at radius 2 is 1.61 bits per heavy atom. The lowest BCUT2D eigenvalue weighted by Crippen LogP contribution is -2.09. The highest BCUT2D eigenvalue weighted by Crippen LogP contribution is 2.46. The Morgan fingerprint density at radius 1 is 0.854 bits per heavy atom. The van der Waals surface area contributed by atoms with E-state index in [9.17, 15) is 8.78 Å². The summed E-state index contributed by atoms with van der Waals surface area (Å²) in [6, 6.07) is 32.6. The van der Waals surface area contributed by atoms with Gasteiger partial charge in [-0.25, -0.2) is 8.78 Å². The Bertz CT molecular complexity index is 1760. The number of fused-ring (bicyclic) bond motifs is 1. The predicted molar refractivity (Wildman–Crippen MR) is 165 cm³/mol. The second kappa shape index (κ2) is 11.6. The first kappa shape index (κ1) is 26.8. The fourth-order valence-electron chi connectivity index (χ4n) is 5.08. The lowest BCUT2D eigenvalue weighted by Gasteiger charge is -2.21. The van der Waals surface area contributed by atoms with Gasteiger partial charge in [-0.05, 0) is 85.5 Å². The Kier molecular flexibility index (Phi) is 7.57. The van der Waals surface area contributed by atoms with Crippen LogP contribution in [0.5, 0.6) is 5.75 Å². The monoisotopic (exact) mass is 562 g/mol. The Labute approximate surface area is 242 Å². The number of rotatable bonds is 7. The van der Waals surface area contributed by atoms with Gasteiger partial charge >= 0.3 is 0 Å². The van der Waals surface area contributed by atoms with Crippen LogP contribution in [0.25, 0.3) is 21.8 Å². The number of aryl methyl sites for hydroxylation is 1. The molecule has 0 saturated heterocycles. The largest absolute Gasteiger partial charge is 0.497 e. The van der Waals surface area contributed by atoms with Crippen molar-refractivity contribution in [3.63, 3.8) is 0 Å². The summed E-state index contributed by atoms with van der Waals surface area (Å²) in [6.07, 6.45) is 3.24. The molecule has 1 aliphatic rings. The SMILES string of the molecule is COc1ccc(-n2c(-c3ccccc3)cc3c2CCC(C=Nc2ccc(F)cc2F)=C3Sc2ccc(C)cc2)cc1. The third-order valence-electron chi connectivity index (χ3n) is 7.18. The Balaban J connectivity index is 1.53. The van der Waals surface area contributed by atoms with Crippen molar-refractivity contribution in [3.8, 4) is 22.7 Å². The van der Waals surface area contributed by atoms with E-state index < -0.39 is 11.6 Å². The number of halogens is 2. The van der Waals surface area contributed by atoms with Crippen molar-refractivity contribution in [2.24, 2.45) is 4.99 Å².